The van der Waals surface area contributed by atoms with E-state index in [-0.39, 0.29) is 18.3 Å². The van der Waals surface area contributed by atoms with Crippen LogP contribution in [0, 0.1) is 5.41 Å². The van der Waals surface area contributed by atoms with Crippen molar-refractivity contribution in [2.45, 2.75) is 77.4 Å². The molecule has 8 heteroatoms. The molecule has 1 aliphatic carbocycles. The molecule has 1 saturated carbocycles. The van der Waals surface area contributed by atoms with E-state index >= 15 is 0 Å². The van der Waals surface area contributed by atoms with E-state index in [0.717, 1.165) is 24.0 Å². The fourth-order valence-corrected chi connectivity index (χ4v) is 4.25. The van der Waals surface area contributed by atoms with Crippen LogP contribution in [0.25, 0.3) is 11.5 Å². The first-order chi connectivity index (χ1) is 16.7. The van der Waals surface area contributed by atoms with Crippen molar-refractivity contribution in [2.24, 2.45) is 5.41 Å². The number of aliphatic carboxylic acids is 1. The molecule has 8 nitrogen and oxygen atoms in total. The van der Waals surface area contributed by atoms with Crippen LogP contribution in [-0.4, -0.2) is 33.1 Å². The highest BCUT2D eigenvalue weighted by molar-refractivity contribution is 5.68. The second kappa shape index (κ2) is 10.7. The molecule has 1 aromatic carbocycles. The van der Waals surface area contributed by atoms with Crippen LogP contribution in [0.5, 0.6) is 0 Å². The average Bonchev–Trinajstić information content (AvgIpc) is 3.37. The zero-order valence-corrected chi connectivity index (χ0v) is 20.6. The molecule has 188 valence electrons. The number of hydrogen-bond acceptors (Lipinski definition) is 7. The van der Waals surface area contributed by atoms with E-state index in [1.165, 1.54) is 0 Å². The van der Waals surface area contributed by atoms with E-state index in [4.69, 9.17) is 13.8 Å². The van der Waals surface area contributed by atoms with Crippen molar-refractivity contribution in [1.29, 1.82) is 0 Å². The summed E-state index contributed by atoms with van der Waals surface area (Å²) < 4.78 is 16.9. The van der Waals surface area contributed by atoms with Gasteiger partial charge in [0.25, 0.3) is 0 Å². The van der Waals surface area contributed by atoms with Crippen molar-refractivity contribution in [3.63, 3.8) is 0 Å². The molecular formula is C27H34N2O6. The number of carboxylic acids is 1. The molecular weight excluding hydrogens is 448 g/mol. The average molecular weight is 483 g/mol. The van der Waals surface area contributed by atoms with Gasteiger partial charge in [-0.2, -0.15) is 0 Å². The Morgan fingerprint density at radius 3 is 2.57 bits per heavy atom. The minimum atomic E-state index is -0.872. The van der Waals surface area contributed by atoms with Crippen LogP contribution in [0.4, 0.5) is 0 Å². The predicted molar refractivity (Wildman–Crippen MR) is 129 cm³/mol. The second-order valence-electron chi connectivity index (χ2n) is 10.4. The fraction of sp³-hybridized carbons (Fsp3) is 0.519. The van der Waals surface area contributed by atoms with Gasteiger partial charge in [0.15, 0.2) is 17.2 Å². The van der Waals surface area contributed by atoms with Crippen LogP contribution in [-0.2, 0) is 16.1 Å². The summed E-state index contributed by atoms with van der Waals surface area (Å²) in [5.41, 5.74) is 2.79. The van der Waals surface area contributed by atoms with Gasteiger partial charge >= 0.3 is 5.97 Å². The highest BCUT2D eigenvalue weighted by atomic mass is 16.5. The van der Waals surface area contributed by atoms with Crippen molar-refractivity contribution in [3.8, 4) is 11.5 Å². The van der Waals surface area contributed by atoms with Crippen LogP contribution in [0.3, 0.4) is 0 Å². The summed E-state index contributed by atoms with van der Waals surface area (Å²) in [5.74, 6) is -0.0141. The predicted octanol–water partition coefficient (Wildman–Crippen LogP) is 5.84. The minimum Gasteiger partial charge on any atom is -0.481 e. The molecule has 35 heavy (non-hydrogen) atoms. The highest BCUT2D eigenvalue weighted by Crippen LogP contribution is 2.49. The third kappa shape index (κ3) is 6.38. The van der Waals surface area contributed by atoms with Crippen LogP contribution in [0.1, 0.15) is 93.4 Å². The molecule has 0 amide bonds. The zero-order valence-electron chi connectivity index (χ0n) is 20.6. The minimum absolute atomic E-state index is 0.0306. The van der Waals surface area contributed by atoms with Crippen LogP contribution in [0.2, 0.25) is 0 Å². The summed E-state index contributed by atoms with van der Waals surface area (Å²) in [6.45, 7) is 6.82. The summed E-state index contributed by atoms with van der Waals surface area (Å²) in [6.07, 6.45) is 2.48. The van der Waals surface area contributed by atoms with E-state index in [2.05, 4.69) is 10.3 Å². The molecule has 0 aliphatic heterocycles. The monoisotopic (exact) mass is 482 g/mol. The molecule has 0 bridgehead atoms. The van der Waals surface area contributed by atoms with Crippen molar-refractivity contribution >= 4 is 5.97 Å². The summed E-state index contributed by atoms with van der Waals surface area (Å²) >= 11 is 0. The Morgan fingerprint density at radius 1 is 1.17 bits per heavy atom. The van der Waals surface area contributed by atoms with Gasteiger partial charge in [0.05, 0.1) is 18.7 Å². The fourth-order valence-electron chi connectivity index (χ4n) is 4.25. The molecule has 1 fully saturated rings. The number of aliphatic hydroxyl groups excluding tert-OH is 1. The lowest BCUT2D eigenvalue weighted by molar-refractivity contribution is -0.137. The van der Waals surface area contributed by atoms with Gasteiger partial charge in [-0.15, -0.1) is 0 Å². The molecule has 2 aromatic heterocycles. The Balaban J connectivity index is 1.48. The molecule has 4 rings (SSSR count). The third-order valence-electron chi connectivity index (χ3n) is 6.35. The van der Waals surface area contributed by atoms with Gasteiger partial charge in [-0.05, 0) is 42.6 Å². The SMILES string of the molecule is CC(C)(C)[C@H](O)c1cc(-c2onc(C(CCCOCc3ccccc3)CC(=O)O)c2C2CC2)no1. The lowest BCUT2D eigenvalue weighted by Gasteiger charge is -2.22. The normalized spacial score (nSPS) is 15.8. The largest absolute Gasteiger partial charge is 0.481 e. The Bertz CT molecular complexity index is 1110. The summed E-state index contributed by atoms with van der Waals surface area (Å²) in [4.78, 5) is 11.7. The second-order valence-corrected chi connectivity index (χ2v) is 10.4. The quantitative estimate of drug-likeness (QED) is 0.309. The summed E-state index contributed by atoms with van der Waals surface area (Å²) in [6, 6.07) is 11.6. The Kier molecular flexibility index (Phi) is 7.72. The number of hydrogen-bond donors (Lipinski definition) is 2. The smallest absolute Gasteiger partial charge is 0.304 e. The van der Waals surface area contributed by atoms with Crippen LogP contribution < -0.4 is 0 Å². The van der Waals surface area contributed by atoms with Gasteiger partial charge in [0, 0.05) is 24.2 Å². The van der Waals surface area contributed by atoms with Gasteiger partial charge in [0.2, 0.25) is 0 Å². The lowest BCUT2D eigenvalue weighted by atomic mass is 9.87. The van der Waals surface area contributed by atoms with E-state index in [0.29, 0.717) is 49.0 Å². The molecule has 0 spiro atoms. The first-order valence-electron chi connectivity index (χ1n) is 12.2. The number of nitrogens with zero attached hydrogens (tertiary/aromatic N) is 2. The van der Waals surface area contributed by atoms with Gasteiger partial charge in [-0.3, -0.25) is 4.79 Å². The number of rotatable bonds is 12. The number of carboxylic acid groups (broad SMARTS) is 1. The number of aliphatic hydroxyl groups is 1. The molecule has 2 heterocycles. The van der Waals surface area contributed by atoms with Crippen molar-refractivity contribution in [2.75, 3.05) is 6.61 Å². The first-order valence-corrected chi connectivity index (χ1v) is 12.2. The standard InChI is InChI=1S/C27H34N2O6/c1-27(2,3)26(32)21-15-20(28-34-21)25-23(18-11-12-18)24(29-35-25)19(14-22(30)31)10-7-13-33-16-17-8-5-4-6-9-17/h4-6,8-9,15,18-19,26,32H,7,10-14,16H2,1-3H3,(H,30,31)/t19?,26-/m1/s1. The van der Waals surface area contributed by atoms with E-state index in [1.54, 1.807) is 6.07 Å². The topological polar surface area (TPSA) is 119 Å². The molecule has 3 aromatic rings. The Hall–Kier alpha value is -2.97. The molecule has 0 saturated heterocycles. The highest BCUT2D eigenvalue weighted by Gasteiger charge is 2.37. The maximum atomic E-state index is 11.7. The summed E-state index contributed by atoms with van der Waals surface area (Å²) in [5, 5.41) is 28.6. The third-order valence-corrected chi connectivity index (χ3v) is 6.35. The van der Waals surface area contributed by atoms with Crippen LogP contribution >= 0.6 is 0 Å². The Morgan fingerprint density at radius 2 is 1.91 bits per heavy atom. The van der Waals surface area contributed by atoms with Crippen LogP contribution in [0.15, 0.2) is 45.4 Å². The molecule has 2 atom stereocenters. The molecule has 2 N–H and O–H groups in total. The van der Waals surface area contributed by atoms with Gasteiger partial charge in [-0.25, -0.2) is 0 Å². The molecule has 1 aliphatic rings. The maximum Gasteiger partial charge on any atom is 0.304 e. The number of carbonyl (C=O) groups is 1. The lowest BCUT2D eigenvalue weighted by Crippen LogP contribution is -2.17. The van der Waals surface area contributed by atoms with Crippen molar-refractivity contribution < 1.29 is 28.8 Å². The molecule has 0 radical (unpaired) electrons. The number of ether oxygens (including phenoxy) is 1. The van der Waals surface area contributed by atoms with Crippen molar-refractivity contribution in [3.05, 3.63) is 59.0 Å². The van der Waals surface area contributed by atoms with Gasteiger partial charge in [-0.1, -0.05) is 61.4 Å². The first kappa shape index (κ1) is 25.1. The zero-order chi connectivity index (χ0) is 25.0. The van der Waals surface area contributed by atoms with E-state index in [1.807, 2.05) is 51.1 Å². The Labute approximate surface area is 205 Å². The maximum absolute atomic E-state index is 11.7. The van der Waals surface area contributed by atoms with E-state index < -0.39 is 17.5 Å². The molecule has 1 unspecified atom stereocenters. The number of aromatic nitrogens is 2. The van der Waals surface area contributed by atoms with Gasteiger partial charge in [0.1, 0.15) is 6.10 Å². The van der Waals surface area contributed by atoms with Gasteiger partial charge < -0.3 is 24.0 Å². The van der Waals surface area contributed by atoms with Crippen molar-refractivity contribution in [1.82, 2.24) is 10.3 Å². The number of benzene rings is 1. The summed E-state index contributed by atoms with van der Waals surface area (Å²) in [7, 11) is 0. The van der Waals surface area contributed by atoms with E-state index in [9.17, 15) is 15.0 Å².